The first-order valence-electron chi connectivity index (χ1n) is 4.91. The van der Waals surface area contributed by atoms with E-state index in [4.69, 9.17) is 5.73 Å². The number of hydrogen-bond acceptors (Lipinski definition) is 2. The lowest BCUT2D eigenvalue weighted by Crippen LogP contribution is -2.01. The Hall–Kier alpha value is -1.15. The molecule has 1 aromatic rings. The second kappa shape index (κ2) is 4.91. The summed E-state index contributed by atoms with van der Waals surface area (Å²) < 4.78 is 0. The predicted octanol–water partition coefficient (Wildman–Crippen LogP) is 1.98. The van der Waals surface area contributed by atoms with E-state index in [1.165, 1.54) is 16.7 Å². The molecule has 0 unspecified atom stereocenters. The van der Waals surface area contributed by atoms with Gasteiger partial charge in [0.1, 0.15) is 5.78 Å². The van der Waals surface area contributed by atoms with Crippen LogP contribution in [0.15, 0.2) is 18.2 Å². The molecule has 0 radical (unpaired) electrons. The number of ketones is 1. The third-order valence-electron chi connectivity index (χ3n) is 2.40. The Balaban J connectivity index is 2.74. The van der Waals surface area contributed by atoms with Crippen LogP contribution >= 0.6 is 0 Å². The monoisotopic (exact) mass is 191 g/mol. The highest BCUT2D eigenvalue weighted by atomic mass is 16.1. The summed E-state index contributed by atoms with van der Waals surface area (Å²) in [5, 5.41) is 0. The van der Waals surface area contributed by atoms with Crippen LogP contribution in [0, 0.1) is 6.92 Å². The molecule has 1 rings (SSSR count). The number of benzene rings is 1. The quantitative estimate of drug-likeness (QED) is 0.790. The second-order valence-electron chi connectivity index (χ2n) is 3.67. The van der Waals surface area contributed by atoms with Crippen molar-refractivity contribution in [2.75, 3.05) is 0 Å². The van der Waals surface area contributed by atoms with E-state index in [0.717, 1.165) is 6.42 Å². The van der Waals surface area contributed by atoms with Crippen LogP contribution < -0.4 is 5.73 Å². The van der Waals surface area contributed by atoms with Gasteiger partial charge in [-0.1, -0.05) is 18.2 Å². The number of nitrogens with two attached hydrogens (primary N) is 1. The van der Waals surface area contributed by atoms with Gasteiger partial charge in [0.2, 0.25) is 0 Å². The molecule has 0 aliphatic rings. The van der Waals surface area contributed by atoms with E-state index in [-0.39, 0.29) is 5.78 Å². The molecule has 0 amide bonds. The number of carbonyl (C=O) groups is 1. The van der Waals surface area contributed by atoms with Gasteiger partial charge in [-0.2, -0.15) is 0 Å². The van der Waals surface area contributed by atoms with Gasteiger partial charge >= 0.3 is 0 Å². The molecule has 0 fully saturated rings. The molecule has 0 saturated carbocycles. The Labute approximate surface area is 85.1 Å². The first-order valence-corrected chi connectivity index (χ1v) is 4.91. The zero-order chi connectivity index (χ0) is 10.6. The number of rotatable bonds is 4. The van der Waals surface area contributed by atoms with Crippen molar-refractivity contribution in [1.82, 2.24) is 0 Å². The predicted molar refractivity (Wildman–Crippen MR) is 58.1 cm³/mol. The van der Waals surface area contributed by atoms with Crippen LogP contribution in [0.1, 0.15) is 30.0 Å². The van der Waals surface area contributed by atoms with Gasteiger partial charge in [-0.05, 0) is 37.0 Å². The smallest absolute Gasteiger partial charge is 0.130 e. The Morgan fingerprint density at radius 2 is 2.14 bits per heavy atom. The van der Waals surface area contributed by atoms with E-state index in [1.807, 2.05) is 0 Å². The van der Waals surface area contributed by atoms with Gasteiger partial charge in [-0.15, -0.1) is 0 Å². The normalized spacial score (nSPS) is 10.2. The highest BCUT2D eigenvalue weighted by Crippen LogP contribution is 2.12. The molecule has 2 nitrogen and oxygen atoms in total. The summed E-state index contributed by atoms with van der Waals surface area (Å²) in [4.78, 5) is 10.8. The van der Waals surface area contributed by atoms with E-state index >= 15 is 0 Å². The summed E-state index contributed by atoms with van der Waals surface area (Å²) in [6.45, 7) is 4.24. The molecule has 0 aliphatic heterocycles. The van der Waals surface area contributed by atoms with Crippen molar-refractivity contribution in [1.29, 1.82) is 0 Å². The van der Waals surface area contributed by atoms with Gasteiger partial charge in [0.25, 0.3) is 0 Å². The molecular formula is C12H17NO. The van der Waals surface area contributed by atoms with Crippen LogP contribution in [0.3, 0.4) is 0 Å². The molecule has 1 aromatic carbocycles. The fourth-order valence-electron chi connectivity index (χ4n) is 1.42. The van der Waals surface area contributed by atoms with Gasteiger partial charge in [-0.25, -0.2) is 0 Å². The fourth-order valence-corrected chi connectivity index (χ4v) is 1.42. The number of carbonyl (C=O) groups excluding carboxylic acids is 1. The van der Waals surface area contributed by atoms with Crippen LogP contribution in [0.5, 0.6) is 0 Å². The van der Waals surface area contributed by atoms with Crippen molar-refractivity contribution in [2.45, 2.75) is 33.2 Å². The molecule has 0 spiro atoms. The summed E-state index contributed by atoms with van der Waals surface area (Å²) in [5.74, 6) is 0.236. The molecule has 76 valence electrons. The van der Waals surface area contributed by atoms with Gasteiger partial charge in [0.15, 0.2) is 0 Å². The first-order chi connectivity index (χ1) is 6.63. The minimum atomic E-state index is 0.236. The molecule has 0 atom stereocenters. The molecule has 0 bridgehead atoms. The number of hydrogen-bond donors (Lipinski definition) is 1. The average molecular weight is 191 g/mol. The molecule has 0 saturated heterocycles. The van der Waals surface area contributed by atoms with Gasteiger partial charge in [-0.3, -0.25) is 0 Å². The standard InChI is InChI=1S/C12H17NO/c1-9-3-5-11(6-4-10(2)14)7-12(9)8-13/h3,5,7H,4,6,8,13H2,1-2H3. The molecule has 2 N–H and O–H groups in total. The fraction of sp³-hybridized carbons (Fsp3) is 0.417. The zero-order valence-corrected chi connectivity index (χ0v) is 8.84. The first kappa shape index (κ1) is 10.9. The van der Waals surface area contributed by atoms with E-state index in [1.54, 1.807) is 6.92 Å². The van der Waals surface area contributed by atoms with E-state index in [9.17, 15) is 4.79 Å². The molecule has 14 heavy (non-hydrogen) atoms. The Bertz CT molecular complexity index is 331. The van der Waals surface area contributed by atoms with Gasteiger partial charge in [0.05, 0.1) is 0 Å². The van der Waals surface area contributed by atoms with Gasteiger partial charge < -0.3 is 10.5 Å². The average Bonchev–Trinajstić information content (AvgIpc) is 2.16. The lowest BCUT2D eigenvalue weighted by molar-refractivity contribution is -0.116. The maximum absolute atomic E-state index is 10.8. The minimum absolute atomic E-state index is 0.236. The van der Waals surface area contributed by atoms with E-state index < -0.39 is 0 Å². The third kappa shape index (κ3) is 2.96. The van der Waals surface area contributed by atoms with E-state index in [2.05, 4.69) is 25.1 Å². The third-order valence-corrected chi connectivity index (χ3v) is 2.40. The van der Waals surface area contributed by atoms with E-state index in [0.29, 0.717) is 13.0 Å². The highest BCUT2D eigenvalue weighted by molar-refractivity contribution is 5.75. The molecule has 0 aliphatic carbocycles. The van der Waals surface area contributed by atoms with Crippen molar-refractivity contribution in [2.24, 2.45) is 5.73 Å². The van der Waals surface area contributed by atoms with Crippen molar-refractivity contribution in [3.8, 4) is 0 Å². The van der Waals surface area contributed by atoms with Crippen molar-refractivity contribution in [3.63, 3.8) is 0 Å². The topological polar surface area (TPSA) is 43.1 Å². The molecule has 2 heteroatoms. The minimum Gasteiger partial charge on any atom is -0.326 e. The van der Waals surface area contributed by atoms with Crippen molar-refractivity contribution in [3.05, 3.63) is 34.9 Å². The summed E-state index contributed by atoms with van der Waals surface area (Å²) in [6.07, 6.45) is 1.44. The van der Waals surface area contributed by atoms with Crippen LogP contribution in [0.4, 0.5) is 0 Å². The largest absolute Gasteiger partial charge is 0.326 e. The summed E-state index contributed by atoms with van der Waals surface area (Å²) in [6, 6.07) is 6.23. The molecule has 0 aromatic heterocycles. The maximum atomic E-state index is 10.8. The van der Waals surface area contributed by atoms with Crippen LogP contribution in [-0.2, 0) is 17.8 Å². The maximum Gasteiger partial charge on any atom is 0.130 e. The molecular weight excluding hydrogens is 174 g/mol. The number of aryl methyl sites for hydroxylation is 2. The van der Waals surface area contributed by atoms with Crippen molar-refractivity contribution < 1.29 is 4.79 Å². The lowest BCUT2D eigenvalue weighted by Gasteiger charge is -2.06. The van der Waals surface area contributed by atoms with Crippen LogP contribution in [-0.4, -0.2) is 5.78 Å². The van der Waals surface area contributed by atoms with Crippen LogP contribution in [0.25, 0.3) is 0 Å². The summed E-state index contributed by atoms with van der Waals surface area (Å²) in [7, 11) is 0. The van der Waals surface area contributed by atoms with Crippen LogP contribution in [0.2, 0.25) is 0 Å². The Morgan fingerprint density at radius 3 is 2.71 bits per heavy atom. The Kier molecular flexibility index (Phi) is 3.84. The Morgan fingerprint density at radius 1 is 1.43 bits per heavy atom. The molecule has 0 heterocycles. The summed E-state index contributed by atoms with van der Waals surface area (Å²) >= 11 is 0. The summed E-state index contributed by atoms with van der Waals surface area (Å²) in [5.41, 5.74) is 9.20. The van der Waals surface area contributed by atoms with Gasteiger partial charge in [0, 0.05) is 13.0 Å². The zero-order valence-electron chi connectivity index (χ0n) is 8.84. The highest BCUT2D eigenvalue weighted by Gasteiger charge is 2.00. The SMILES string of the molecule is CC(=O)CCc1ccc(C)c(CN)c1. The number of Topliss-reactive ketones (excluding diaryl/α,β-unsaturated/α-hetero) is 1. The second-order valence-corrected chi connectivity index (χ2v) is 3.67. The van der Waals surface area contributed by atoms with Crippen molar-refractivity contribution >= 4 is 5.78 Å². The lowest BCUT2D eigenvalue weighted by atomic mass is 10.0.